The SMILES string of the molecule is CSc1nc(C)c(-c2nc3cnccc3s2)c(NC2CC(CO[Si](O[Si](C(C)C)C(C)C)(C(C)C)C(C)C)C(O)C2(C)O)n1. The van der Waals surface area contributed by atoms with Crippen LogP contribution in [0.2, 0.25) is 22.2 Å². The Labute approximate surface area is 274 Å². The Balaban J connectivity index is 1.62. The molecule has 0 amide bonds. The summed E-state index contributed by atoms with van der Waals surface area (Å²) >= 11 is 3.02. The minimum Gasteiger partial charge on any atom is -0.435 e. The number of aromatic nitrogens is 4. The number of aliphatic hydroxyl groups is 2. The van der Waals surface area contributed by atoms with Crippen molar-refractivity contribution in [1.29, 1.82) is 0 Å². The van der Waals surface area contributed by atoms with Crippen LogP contribution >= 0.6 is 23.1 Å². The molecule has 243 valence electrons. The predicted octanol–water partition coefficient (Wildman–Crippen LogP) is 7.20. The Bertz CT molecular complexity index is 1370. The van der Waals surface area contributed by atoms with Crippen LogP contribution < -0.4 is 5.32 Å². The topological polar surface area (TPSA) is 123 Å². The lowest BCUT2D eigenvalue weighted by Crippen LogP contribution is -2.54. The number of thioether (sulfide) groups is 1. The molecule has 0 spiro atoms. The van der Waals surface area contributed by atoms with E-state index in [2.05, 4.69) is 65.7 Å². The van der Waals surface area contributed by atoms with Crippen molar-refractivity contribution >= 4 is 56.7 Å². The van der Waals surface area contributed by atoms with Gasteiger partial charge in [-0.3, -0.25) is 4.98 Å². The third kappa shape index (κ3) is 7.09. The summed E-state index contributed by atoms with van der Waals surface area (Å²) in [4.78, 5) is 18.6. The number of fused-ring (bicyclic) bond motifs is 1. The molecule has 3 aromatic heterocycles. The van der Waals surface area contributed by atoms with Crippen molar-refractivity contribution in [1.82, 2.24) is 19.9 Å². The minimum absolute atomic E-state index is 0.244. The summed E-state index contributed by atoms with van der Waals surface area (Å²) in [6, 6.07) is 1.48. The maximum atomic E-state index is 11.7. The first-order chi connectivity index (χ1) is 20.6. The zero-order chi connectivity index (χ0) is 32.6. The summed E-state index contributed by atoms with van der Waals surface area (Å²) < 4.78 is 15.1. The Kier molecular flexibility index (Phi) is 11.4. The third-order valence-electron chi connectivity index (χ3n) is 8.80. The number of nitrogens with one attached hydrogen (secondary N) is 1. The van der Waals surface area contributed by atoms with Gasteiger partial charge in [-0.05, 0) is 54.8 Å². The largest absolute Gasteiger partial charge is 0.435 e. The van der Waals surface area contributed by atoms with E-state index in [0.717, 1.165) is 26.5 Å². The molecule has 1 fully saturated rings. The molecular weight excluding hydrogens is 627 g/mol. The van der Waals surface area contributed by atoms with Gasteiger partial charge in [0, 0.05) is 18.7 Å². The van der Waals surface area contributed by atoms with Crippen LogP contribution in [0.4, 0.5) is 5.82 Å². The maximum Gasteiger partial charge on any atom is 0.333 e. The van der Waals surface area contributed by atoms with Crippen molar-refractivity contribution in [2.24, 2.45) is 5.92 Å². The highest BCUT2D eigenvalue weighted by Gasteiger charge is 2.53. The van der Waals surface area contributed by atoms with Crippen molar-refractivity contribution in [2.45, 2.75) is 121 Å². The molecule has 0 aromatic carbocycles. The summed E-state index contributed by atoms with van der Waals surface area (Å²) in [6.07, 6.45) is 4.99. The smallest absolute Gasteiger partial charge is 0.333 e. The first kappa shape index (κ1) is 35.4. The van der Waals surface area contributed by atoms with Crippen molar-refractivity contribution < 1.29 is 18.8 Å². The zero-order valence-corrected chi connectivity index (χ0v) is 31.6. The van der Waals surface area contributed by atoms with E-state index in [1.807, 2.05) is 19.2 Å². The van der Waals surface area contributed by atoms with Gasteiger partial charge in [-0.2, -0.15) is 0 Å². The number of hydrogen-bond donors (Lipinski definition) is 3. The molecule has 1 aliphatic rings. The molecule has 4 unspecified atom stereocenters. The molecule has 1 radical (unpaired) electrons. The molecule has 44 heavy (non-hydrogen) atoms. The molecule has 4 rings (SSSR count). The molecule has 3 heterocycles. The normalized spacial score (nSPS) is 22.9. The molecule has 9 nitrogen and oxygen atoms in total. The fourth-order valence-electron chi connectivity index (χ4n) is 6.36. The number of rotatable bonds is 13. The van der Waals surface area contributed by atoms with E-state index >= 15 is 0 Å². The summed E-state index contributed by atoms with van der Waals surface area (Å²) in [5.41, 5.74) is 2.41. The highest BCUT2D eigenvalue weighted by atomic mass is 32.2. The molecule has 1 aliphatic carbocycles. The summed E-state index contributed by atoms with van der Waals surface area (Å²) in [5.74, 6) is 0.328. The molecule has 3 N–H and O–H groups in total. The van der Waals surface area contributed by atoms with Crippen LogP contribution in [-0.2, 0) is 8.54 Å². The van der Waals surface area contributed by atoms with E-state index < -0.39 is 35.3 Å². The molecule has 13 heteroatoms. The fourth-order valence-corrected chi connectivity index (χ4v) is 17.1. The van der Waals surface area contributed by atoms with Crippen molar-refractivity contribution in [3.63, 3.8) is 0 Å². The lowest BCUT2D eigenvalue weighted by Gasteiger charge is -2.43. The lowest BCUT2D eigenvalue weighted by atomic mass is 9.96. The van der Waals surface area contributed by atoms with Crippen LogP contribution in [0.5, 0.6) is 0 Å². The number of anilines is 1. The Morgan fingerprint density at radius 3 is 2.34 bits per heavy atom. The third-order valence-corrected chi connectivity index (χ3v) is 18.7. The van der Waals surface area contributed by atoms with Gasteiger partial charge in [-0.25, -0.2) is 15.0 Å². The average molecular weight is 677 g/mol. The summed E-state index contributed by atoms with van der Waals surface area (Å²) in [7, 11) is -3.79. The average Bonchev–Trinajstić information content (AvgIpc) is 3.46. The van der Waals surface area contributed by atoms with Gasteiger partial charge in [0.25, 0.3) is 0 Å². The fraction of sp³-hybridized carbons (Fsp3) is 0.677. The predicted molar refractivity (Wildman–Crippen MR) is 186 cm³/mol. The van der Waals surface area contributed by atoms with Gasteiger partial charge < -0.3 is 24.1 Å². The zero-order valence-electron chi connectivity index (χ0n) is 28.0. The van der Waals surface area contributed by atoms with Crippen molar-refractivity contribution in [3.05, 3.63) is 24.2 Å². The number of hydrogen-bond acceptors (Lipinski definition) is 11. The van der Waals surface area contributed by atoms with Crippen LogP contribution in [0.3, 0.4) is 0 Å². The molecule has 0 aliphatic heterocycles. The number of thiazole rings is 1. The number of nitrogens with zero attached hydrogens (tertiary/aromatic N) is 4. The minimum atomic E-state index is -2.67. The van der Waals surface area contributed by atoms with E-state index in [9.17, 15) is 10.2 Å². The van der Waals surface area contributed by atoms with Crippen molar-refractivity contribution in [2.75, 3.05) is 18.2 Å². The second-order valence-electron chi connectivity index (χ2n) is 13.4. The summed E-state index contributed by atoms with van der Waals surface area (Å²) in [6.45, 7) is 21.8. The highest BCUT2D eigenvalue weighted by molar-refractivity contribution is 7.98. The van der Waals surface area contributed by atoms with Gasteiger partial charge in [0.1, 0.15) is 21.9 Å². The molecular formula is C31H50N5O4S2Si2. The second-order valence-corrected chi connectivity index (χ2v) is 23.2. The van der Waals surface area contributed by atoms with Crippen LogP contribution in [0.25, 0.3) is 20.8 Å². The van der Waals surface area contributed by atoms with Gasteiger partial charge in [0.15, 0.2) is 5.16 Å². The quantitative estimate of drug-likeness (QED) is 0.0973. The standard InChI is InChI=1S/C31H50N5O4S2Si2/c1-17(2)43(18(3)4)40-44(19(5)6,20(7)8)39-16-22-14-25(31(10,38)27(22)37)35-28-26(21(9)33-30(36-28)41-11)29-34-23-15-32-13-12-24(23)42-29/h12-13,15,17-20,22,25,27,37-38H,14,16H2,1-11H3,(H,33,35,36). The Morgan fingerprint density at radius 2 is 1.77 bits per heavy atom. The Morgan fingerprint density at radius 1 is 1.11 bits per heavy atom. The van der Waals surface area contributed by atoms with Gasteiger partial charge in [-0.15, -0.1) is 11.3 Å². The van der Waals surface area contributed by atoms with Gasteiger partial charge in [-0.1, -0.05) is 67.2 Å². The highest BCUT2D eigenvalue weighted by Crippen LogP contribution is 2.43. The molecule has 0 saturated heterocycles. The van der Waals surface area contributed by atoms with Crippen LogP contribution in [0.15, 0.2) is 23.6 Å². The van der Waals surface area contributed by atoms with Crippen molar-refractivity contribution in [3.8, 4) is 10.6 Å². The number of aliphatic hydroxyl groups excluding tert-OH is 1. The first-order valence-electron chi connectivity index (χ1n) is 15.6. The van der Waals surface area contributed by atoms with E-state index in [4.69, 9.17) is 23.5 Å². The van der Waals surface area contributed by atoms with Gasteiger partial charge in [0.2, 0.25) is 9.04 Å². The molecule has 4 atom stereocenters. The molecule has 1 saturated carbocycles. The number of pyridine rings is 1. The van der Waals surface area contributed by atoms with Gasteiger partial charge >= 0.3 is 8.56 Å². The van der Waals surface area contributed by atoms with Crippen LogP contribution in [-0.4, -0.2) is 78.4 Å². The molecule has 3 aromatic rings. The van der Waals surface area contributed by atoms with E-state index in [1.54, 1.807) is 30.7 Å². The molecule has 0 bridgehead atoms. The summed E-state index contributed by atoms with van der Waals surface area (Å²) in [5, 5.41) is 28.1. The maximum absolute atomic E-state index is 11.7. The second kappa shape index (κ2) is 14.1. The lowest BCUT2D eigenvalue weighted by molar-refractivity contribution is -0.0648. The first-order valence-corrected chi connectivity index (χ1v) is 21.2. The van der Waals surface area contributed by atoms with E-state index in [0.29, 0.717) is 35.1 Å². The van der Waals surface area contributed by atoms with Gasteiger partial charge in [0.05, 0.1) is 34.3 Å². The Hall–Kier alpha value is -1.46. The monoisotopic (exact) mass is 676 g/mol. The van der Waals surface area contributed by atoms with Crippen LogP contribution in [0, 0.1) is 12.8 Å². The van der Waals surface area contributed by atoms with E-state index in [-0.39, 0.29) is 17.0 Å². The van der Waals surface area contributed by atoms with E-state index in [1.165, 1.54) is 11.8 Å². The number of aryl methyl sites for hydroxylation is 1. The van der Waals surface area contributed by atoms with Crippen LogP contribution in [0.1, 0.15) is 74.4 Å².